The summed E-state index contributed by atoms with van der Waals surface area (Å²) in [5.74, 6) is 0. The van der Waals surface area contributed by atoms with E-state index >= 15 is 0 Å². The normalized spacial score (nSPS) is 11.3. The van der Waals surface area contributed by atoms with E-state index in [4.69, 9.17) is 4.74 Å². The molecule has 0 saturated carbocycles. The molecule has 1 N–H and O–H groups in total. The molecule has 1 rings (SSSR count). The second-order valence-corrected chi connectivity index (χ2v) is 4.20. The maximum absolute atomic E-state index is 5.45. The first kappa shape index (κ1) is 13.2. The Labute approximate surface area is 98.0 Å². The zero-order chi connectivity index (χ0) is 12.0. The molecule has 1 heterocycles. The van der Waals surface area contributed by atoms with E-state index in [2.05, 4.69) is 37.3 Å². The highest BCUT2D eigenvalue weighted by Crippen LogP contribution is 2.03. The van der Waals surface area contributed by atoms with E-state index in [9.17, 15) is 0 Å². The van der Waals surface area contributed by atoms with Gasteiger partial charge >= 0.3 is 0 Å². The average molecular weight is 225 g/mol. The van der Waals surface area contributed by atoms with Crippen molar-refractivity contribution in [1.82, 2.24) is 15.1 Å². The first-order valence-corrected chi connectivity index (χ1v) is 5.97. The fourth-order valence-corrected chi connectivity index (χ4v) is 1.49. The molecule has 4 heteroatoms. The Morgan fingerprint density at radius 3 is 2.81 bits per heavy atom. The molecule has 0 aliphatic heterocycles. The standard InChI is InChI=1S/C12H23N3O/c1-5-11-8-12(15(4)14-11)9-13-6-7-16-10(2)3/h8,10,13H,5-7,9H2,1-4H3. The Morgan fingerprint density at radius 1 is 1.50 bits per heavy atom. The number of hydrogen-bond donors (Lipinski definition) is 1. The van der Waals surface area contributed by atoms with Gasteiger partial charge in [0.1, 0.15) is 0 Å². The number of aromatic nitrogens is 2. The smallest absolute Gasteiger partial charge is 0.0625 e. The molecular formula is C12H23N3O. The maximum Gasteiger partial charge on any atom is 0.0625 e. The molecule has 0 saturated heterocycles. The summed E-state index contributed by atoms with van der Waals surface area (Å²) in [6.07, 6.45) is 1.30. The number of aryl methyl sites for hydroxylation is 2. The van der Waals surface area contributed by atoms with Crippen LogP contribution in [-0.4, -0.2) is 29.0 Å². The monoisotopic (exact) mass is 225 g/mol. The Bertz CT molecular complexity index is 307. The van der Waals surface area contributed by atoms with Crippen LogP contribution in [0, 0.1) is 0 Å². The van der Waals surface area contributed by atoms with Crippen LogP contribution in [0.25, 0.3) is 0 Å². The molecule has 1 aromatic rings. The molecule has 4 nitrogen and oxygen atoms in total. The molecular weight excluding hydrogens is 202 g/mol. The number of nitrogens with one attached hydrogen (secondary N) is 1. The molecule has 0 unspecified atom stereocenters. The highest BCUT2D eigenvalue weighted by Gasteiger charge is 2.02. The van der Waals surface area contributed by atoms with Crippen molar-refractivity contribution in [2.75, 3.05) is 13.2 Å². The first-order valence-electron chi connectivity index (χ1n) is 5.97. The summed E-state index contributed by atoms with van der Waals surface area (Å²) in [5.41, 5.74) is 2.37. The maximum atomic E-state index is 5.45. The van der Waals surface area contributed by atoms with Gasteiger partial charge in [0.15, 0.2) is 0 Å². The third-order valence-electron chi connectivity index (χ3n) is 2.43. The third kappa shape index (κ3) is 4.33. The fourth-order valence-electron chi connectivity index (χ4n) is 1.49. The average Bonchev–Trinajstić information content (AvgIpc) is 2.59. The molecule has 1 aromatic heterocycles. The zero-order valence-electron chi connectivity index (χ0n) is 10.8. The van der Waals surface area contributed by atoms with Crippen LogP contribution in [0.1, 0.15) is 32.2 Å². The van der Waals surface area contributed by atoms with Crippen molar-refractivity contribution in [2.45, 2.75) is 39.8 Å². The van der Waals surface area contributed by atoms with Gasteiger partial charge in [0.25, 0.3) is 0 Å². The van der Waals surface area contributed by atoms with E-state index in [-0.39, 0.29) is 0 Å². The summed E-state index contributed by atoms with van der Waals surface area (Å²) >= 11 is 0. The Morgan fingerprint density at radius 2 is 2.25 bits per heavy atom. The van der Waals surface area contributed by atoms with Gasteiger partial charge in [-0.25, -0.2) is 0 Å². The Hall–Kier alpha value is -0.870. The van der Waals surface area contributed by atoms with Gasteiger partial charge in [0.2, 0.25) is 0 Å². The lowest BCUT2D eigenvalue weighted by atomic mass is 10.3. The molecule has 0 aliphatic carbocycles. The fraction of sp³-hybridized carbons (Fsp3) is 0.750. The van der Waals surface area contributed by atoms with Crippen LogP contribution in [0.4, 0.5) is 0 Å². The van der Waals surface area contributed by atoms with Crippen LogP contribution in [0.3, 0.4) is 0 Å². The third-order valence-corrected chi connectivity index (χ3v) is 2.43. The van der Waals surface area contributed by atoms with Crippen LogP contribution in [0.2, 0.25) is 0 Å². The van der Waals surface area contributed by atoms with E-state index in [1.54, 1.807) is 0 Å². The van der Waals surface area contributed by atoms with Crippen LogP contribution < -0.4 is 5.32 Å². The number of rotatable bonds is 7. The molecule has 0 bridgehead atoms. The van der Waals surface area contributed by atoms with Gasteiger partial charge in [0, 0.05) is 20.1 Å². The van der Waals surface area contributed by atoms with E-state index in [0.29, 0.717) is 6.10 Å². The number of nitrogens with zero attached hydrogens (tertiary/aromatic N) is 2. The predicted octanol–water partition coefficient (Wildman–Crippen LogP) is 1.50. The summed E-state index contributed by atoms with van der Waals surface area (Å²) in [4.78, 5) is 0. The predicted molar refractivity (Wildman–Crippen MR) is 65.4 cm³/mol. The molecule has 0 radical (unpaired) electrons. The number of hydrogen-bond acceptors (Lipinski definition) is 3. The minimum Gasteiger partial charge on any atom is -0.377 e. The summed E-state index contributed by atoms with van der Waals surface area (Å²) in [6.45, 7) is 8.71. The number of ether oxygens (including phenoxy) is 1. The van der Waals surface area contributed by atoms with Crippen molar-refractivity contribution >= 4 is 0 Å². The van der Waals surface area contributed by atoms with Crippen molar-refractivity contribution in [1.29, 1.82) is 0 Å². The molecule has 0 spiro atoms. The minimum atomic E-state index is 0.310. The molecule has 0 aliphatic rings. The lowest BCUT2D eigenvalue weighted by Crippen LogP contribution is -2.22. The van der Waals surface area contributed by atoms with E-state index < -0.39 is 0 Å². The lowest BCUT2D eigenvalue weighted by Gasteiger charge is -2.08. The first-order chi connectivity index (χ1) is 7.63. The molecule has 92 valence electrons. The van der Waals surface area contributed by atoms with Crippen molar-refractivity contribution in [3.05, 3.63) is 17.5 Å². The van der Waals surface area contributed by atoms with Crippen molar-refractivity contribution < 1.29 is 4.74 Å². The van der Waals surface area contributed by atoms with Gasteiger partial charge in [0.05, 0.1) is 24.1 Å². The Kier molecular flexibility index (Phi) is 5.49. The van der Waals surface area contributed by atoms with Gasteiger partial charge in [-0.05, 0) is 26.3 Å². The van der Waals surface area contributed by atoms with Crippen LogP contribution in [-0.2, 0) is 24.8 Å². The van der Waals surface area contributed by atoms with Gasteiger partial charge in [-0.2, -0.15) is 5.10 Å². The quantitative estimate of drug-likeness (QED) is 0.715. The van der Waals surface area contributed by atoms with Crippen LogP contribution in [0.5, 0.6) is 0 Å². The second kappa shape index (κ2) is 6.66. The van der Waals surface area contributed by atoms with E-state index in [1.165, 1.54) is 5.69 Å². The summed E-state index contributed by atoms with van der Waals surface area (Å²) in [6, 6.07) is 2.15. The highest BCUT2D eigenvalue weighted by molar-refractivity contribution is 5.09. The summed E-state index contributed by atoms with van der Waals surface area (Å²) in [7, 11) is 1.99. The van der Waals surface area contributed by atoms with Gasteiger partial charge < -0.3 is 10.1 Å². The van der Waals surface area contributed by atoms with Crippen molar-refractivity contribution in [3.63, 3.8) is 0 Å². The van der Waals surface area contributed by atoms with Crippen molar-refractivity contribution in [2.24, 2.45) is 7.05 Å². The molecule has 0 amide bonds. The highest BCUT2D eigenvalue weighted by atomic mass is 16.5. The zero-order valence-corrected chi connectivity index (χ0v) is 10.8. The lowest BCUT2D eigenvalue weighted by molar-refractivity contribution is 0.0806. The van der Waals surface area contributed by atoms with E-state index in [1.807, 2.05) is 11.7 Å². The van der Waals surface area contributed by atoms with Gasteiger partial charge in [-0.3, -0.25) is 4.68 Å². The molecule has 0 fully saturated rings. The summed E-state index contributed by atoms with van der Waals surface area (Å²) in [5, 5.41) is 7.75. The van der Waals surface area contributed by atoms with Crippen LogP contribution >= 0.6 is 0 Å². The van der Waals surface area contributed by atoms with Crippen molar-refractivity contribution in [3.8, 4) is 0 Å². The topological polar surface area (TPSA) is 39.1 Å². The molecule has 0 atom stereocenters. The molecule has 0 aromatic carbocycles. The SMILES string of the molecule is CCc1cc(CNCCOC(C)C)n(C)n1. The van der Waals surface area contributed by atoms with Gasteiger partial charge in [-0.1, -0.05) is 6.92 Å². The Balaban J connectivity index is 2.23. The van der Waals surface area contributed by atoms with Crippen LogP contribution in [0.15, 0.2) is 6.07 Å². The largest absolute Gasteiger partial charge is 0.377 e. The van der Waals surface area contributed by atoms with E-state index in [0.717, 1.165) is 31.8 Å². The second-order valence-electron chi connectivity index (χ2n) is 4.20. The van der Waals surface area contributed by atoms with Gasteiger partial charge in [-0.15, -0.1) is 0 Å². The molecule has 16 heavy (non-hydrogen) atoms. The minimum absolute atomic E-state index is 0.310. The summed E-state index contributed by atoms with van der Waals surface area (Å²) < 4.78 is 7.39.